The first kappa shape index (κ1) is 33.9. The Kier molecular flexibility index (Phi) is 12.2. The van der Waals surface area contributed by atoms with E-state index in [-0.39, 0.29) is 37.1 Å². The van der Waals surface area contributed by atoms with Gasteiger partial charge in [-0.05, 0) is 68.1 Å². The summed E-state index contributed by atoms with van der Waals surface area (Å²) in [6.45, 7) is 9.86. The van der Waals surface area contributed by atoms with Crippen molar-refractivity contribution in [1.82, 2.24) is 9.80 Å². The first-order chi connectivity index (χ1) is 21.0. The van der Waals surface area contributed by atoms with E-state index < -0.39 is 30.1 Å². The maximum Gasteiger partial charge on any atom is 0.410 e. The number of hydrogen-bond donors (Lipinski definition) is 2. The summed E-state index contributed by atoms with van der Waals surface area (Å²) in [5.74, 6) is -1.29. The summed E-state index contributed by atoms with van der Waals surface area (Å²) in [4.78, 5) is 31.8. The van der Waals surface area contributed by atoms with Gasteiger partial charge in [0, 0.05) is 50.9 Å². The Hall–Kier alpha value is -2.99. The van der Waals surface area contributed by atoms with Gasteiger partial charge in [0.1, 0.15) is 18.0 Å². The molecule has 11 heteroatoms. The molecule has 0 saturated carbocycles. The quantitative estimate of drug-likeness (QED) is 0.379. The van der Waals surface area contributed by atoms with E-state index in [4.69, 9.17) is 14.2 Å². The van der Waals surface area contributed by atoms with Gasteiger partial charge < -0.3 is 39.1 Å². The fourth-order valence-electron chi connectivity index (χ4n) is 5.90. The van der Waals surface area contributed by atoms with Crippen molar-refractivity contribution < 1.29 is 38.4 Å². The Balaban J connectivity index is 1.56. The molecule has 3 aliphatic rings. The van der Waals surface area contributed by atoms with E-state index in [0.717, 1.165) is 13.1 Å². The molecule has 244 valence electrons. The molecule has 0 bridgehead atoms. The number of rotatable bonds is 5. The molecule has 2 saturated heterocycles. The second-order valence-corrected chi connectivity index (χ2v) is 12.5. The largest absolute Gasteiger partial charge is 0.457 e. The van der Waals surface area contributed by atoms with E-state index in [9.17, 15) is 24.2 Å². The van der Waals surface area contributed by atoms with Crippen LogP contribution in [0.4, 0.5) is 14.9 Å². The predicted octanol–water partition coefficient (Wildman–Crippen LogP) is 3.46. The van der Waals surface area contributed by atoms with E-state index in [1.807, 2.05) is 50.9 Å². The molecule has 0 unspecified atom stereocenters. The molecule has 1 amide bonds. The van der Waals surface area contributed by atoms with E-state index in [0.29, 0.717) is 62.5 Å². The van der Waals surface area contributed by atoms with Crippen molar-refractivity contribution in [2.24, 2.45) is 11.8 Å². The number of ether oxygens (including phenoxy) is 3. The molecule has 0 aliphatic carbocycles. The molecule has 3 aliphatic heterocycles. The molecule has 0 spiro atoms. The third-order valence-electron chi connectivity index (χ3n) is 8.71. The van der Waals surface area contributed by atoms with Gasteiger partial charge in [-0.3, -0.25) is 4.79 Å². The summed E-state index contributed by atoms with van der Waals surface area (Å²) in [5.41, 5.74) is 1.99. The van der Waals surface area contributed by atoms with Crippen LogP contribution in [-0.4, -0.2) is 116 Å². The number of cyclic esters (lactones) is 1. The van der Waals surface area contributed by atoms with Crippen LogP contribution in [0.5, 0.6) is 0 Å². The first-order valence-corrected chi connectivity index (χ1v) is 15.7. The molecule has 0 radical (unpaired) electrons. The molecule has 1 aromatic rings. The Labute approximate surface area is 260 Å². The number of likely N-dealkylation sites (N-methyl/N-ethyl adjacent to an activating group) is 1. The zero-order valence-electron chi connectivity index (χ0n) is 26.4. The van der Waals surface area contributed by atoms with Crippen molar-refractivity contribution in [2.45, 2.75) is 64.4 Å². The summed E-state index contributed by atoms with van der Waals surface area (Å²) >= 11 is 0. The number of halogens is 1. The van der Waals surface area contributed by atoms with Gasteiger partial charge in [0.25, 0.3) is 0 Å². The smallest absolute Gasteiger partial charge is 0.410 e. The van der Waals surface area contributed by atoms with Crippen molar-refractivity contribution in [3.05, 3.63) is 47.3 Å². The molecule has 0 aromatic heterocycles. The first-order valence-electron chi connectivity index (χ1n) is 15.7. The fraction of sp³-hybridized carbons (Fsp3) is 0.636. The Morgan fingerprint density at radius 3 is 2.59 bits per heavy atom. The second-order valence-electron chi connectivity index (χ2n) is 12.5. The standard InChI is InChI=1S/C33H48FN3O7/c1-22-5-7-28(39)19-31(40)44-32(23(2)6-8-30(22)43-33(41)36-11-9-35(4)10-12-36)24(3)15-25-16-26(34)18-27(17-25)37-13-14-42-29(20-37)21-38/h6,8,15-18,22-23,28-30,32,38-39H,5,7,9-14,19-21H2,1-4H3/b8-6-,24-15+/t22-,23-,28+,29+,30-,32-/m0/s1. The van der Waals surface area contributed by atoms with Crippen molar-refractivity contribution in [2.75, 3.05) is 64.4 Å². The number of aliphatic hydroxyl groups excluding tert-OH is 2. The number of carbonyl (C=O) groups excluding carboxylic acids is 2. The van der Waals surface area contributed by atoms with Crippen LogP contribution < -0.4 is 4.90 Å². The summed E-state index contributed by atoms with van der Waals surface area (Å²) in [6.07, 6.45) is 3.58. The third kappa shape index (κ3) is 9.50. The van der Waals surface area contributed by atoms with Gasteiger partial charge in [0.2, 0.25) is 0 Å². The molecule has 4 rings (SSSR count). The van der Waals surface area contributed by atoms with Crippen LogP contribution in [-0.2, 0) is 19.0 Å². The zero-order valence-corrected chi connectivity index (χ0v) is 26.4. The summed E-state index contributed by atoms with van der Waals surface area (Å²) in [5, 5.41) is 20.1. The zero-order chi connectivity index (χ0) is 31.8. The van der Waals surface area contributed by atoms with Crippen molar-refractivity contribution in [1.29, 1.82) is 0 Å². The van der Waals surface area contributed by atoms with Crippen molar-refractivity contribution >= 4 is 23.8 Å². The Morgan fingerprint density at radius 1 is 1.11 bits per heavy atom. The molecular formula is C33H48FN3O7. The molecule has 1 aromatic carbocycles. The van der Waals surface area contributed by atoms with Gasteiger partial charge in [0.15, 0.2) is 0 Å². The van der Waals surface area contributed by atoms with E-state index in [2.05, 4.69) is 4.90 Å². The predicted molar refractivity (Wildman–Crippen MR) is 166 cm³/mol. The number of morpholine rings is 1. The van der Waals surface area contributed by atoms with Crippen LogP contribution in [0.25, 0.3) is 6.08 Å². The van der Waals surface area contributed by atoms with Gasteiger partial charge in [-0.2, -0.15) is 0 Å². The maximum atomic E-state index is 14.8. The number of benzene rings is 1. The SMILES string of the molecule is C/C(=C\c1cc(F)cc(N2CCO[C@@H](CO)C2)c1)[C@H]1OC(=O)C[C@H](O)CC[C@H](C)[C@@H](OC(=O)N2CCN(C)CC2)/C=C\[C@@H]1C. The van der Waals surface area contributed by atoms with E-state index >= 15 is 0 Å². The fourth-order valence-corrected chi connectivity index (χ4v) is 5.90. The highest BCUT2D eigenvalue weighted by molar-refractivity contribution is 5.71. The second kappa shape index (κ2) is 15.8. The van der Waals surface area contributed by atoms with Gasteiger partial charge >= 0.3 is 12.1 Å². The molecule has 6 atom stereocenters. The normalized spacial score (nSPS) is 30.6. The van der Waals surface area contributed by atoms with Gasteiger partial charge in [0.05, 0.1) is 31.8 Å². The number of amides is 1. The van der Waals surface area contributed by atoms with Crippen LogP contribution in [0.3, 0.4) is 0 Å². The minimum atomic E-state index is -0.885. The average Bonchev–Trinajstić information content (AvgIpc) is 3.00. The summed E-state index contributed by atoms with van der Waals surface area (Å²) in [6, 6.07) is 4.75. The van der Waals surface area contributed by atoms with Gasteiger partial charge in [-0.1, -0.05) is 26.0 Å². The number of hydrogen-bond acceptors (Lipinski definition) is 9. The topological polar surface area (TPSA) is 112 Å². The Bertz CT molecular complexity index is 1190. The summed E-state index contributed by atoms with van der Waals surface area (Å²) < 4.78 is 32.2. The average molecular weight is 618 g/mol. The number of nitrogens with zero attached hydrogens (tertiary/aromatic N) is 3. The lowest BCUT2D eigenvalue weighted by atomic mass is 9.91. The lowest BCUT2D eigenvalue weighted by molar-refractivity contribution is -0.151. The van der Waals surface area contributed by atoms with Crippen molar-refractivity contribution in [3.63, 3.8) is 0 Å². The van der Waals surface area contributed by atoms with Crippen LogP contribution in [0.15, 0.2) is 35.9 Å². The minimum Gasteiger partial charge on any atom is -0.457 e. The van der Waals surface area contributed by atoms with E-state index in [1.165, 1.54) is 12.1 Å². The number of esters is 1. The van der Waals surface area contributed by atoms with Gasteiger partial charge in [-0.15, -0.1) is 0 Å². The summed E-state index contributed by atoms with van der Waals surface area (Å²) in [7, 11) is 2.03. The Morgan fingerprint density at radius 2 is 1.86 bits per heavy atom. The van der Waals surface area contributed by atoms with Gasteiger partial charge in [-0.25, -0.2) is 9.18 Å². The highest BCUT2D eigenvalue weighted by Crippen LogP contribution is 2.28. The molecular weight excluding hydrogens is 569 g/mol. The molecule has 10 nitrogen and oxygen atoms in total. The number of piperazine rings is 1. The molecule has 2 fully saturated rings. The molecule has 3 heterocycles. The molecule has 44 heavy (non-hydrogen) atoms. The highest BCUT2D eigenvalue weighted by atomic mass is 19.1. The highest BCUT2D eigenvalue weighted by Gasteiger charge is 2.29. The lowest BCUT2D eigenvalue weighted by Gasteiger charge is -2.34. The van der Waals surface area contributed by atoms with E-state index in [1.54, 1.807) is 11.0 Å². The van der Waals surface area contributed by atoms with Crippen molar-refractivity contribution in [3.8, 4) is 0 Å². The third-order valence-corrected chi connectivity index (χ3v) is 8.71. The molecule has 2 N–H and O–H groups in total. The number of aliphatic hydroxyl groups is 2. The van der Waals surface area contributed by atoms with Crippen LogP contribution >= 0.6 is 0 Å². The maximum absolute atomic E-state index is 14.8. The minimum absolute atomic E-state index is 0.0774. The van der Waals surface area contributed by atoms with Crippen LogP contribution in [0.1, 0.15) is 45.6 Å². The number of carbonyl (C=O) groups is 2. The monoisotopic (exact) mass is 617 g/mol. The lowest BCUT2D eigenvalue weighted by Crippen LogP contribution is -2.48. The van der Waals surface area contributed by atoms with Crippen LogP contribution in [0, 0.1) is 17.7 Å². The van der Waals surface area contributed by atoms with Crippen LogP contribution in [0.2, 0.25) is 0 Å². The number of anilines is 1.